The van der Waals surface area contributed by atoms with Crippen LogP contribution in [0.15, 0.2) is 72.8 Å². The molecule has 46 heavy (non-hydrogen) atoms. The molecule has 4 N–H and O–H groups in total. The molecule has 0 radical (unpaired) electrons. The second-order valence-corrected chi connectivity index (χ2v) is 12.2. The molecule has 0 aliphatic rings. The van der Waals surface area contributed by atoms with Gasteiger partial charge in [-0.25, -0.2) is 4.79 Å². The number of nitrogens with zero attached hydrogens (tertiary/aromatic N) is 1. The molecule has 0 aliphatic heterocycles. The Morgan fingerprint density at radius 2 is 1.41 bits per heavy atom. The zero-order chi connectivity index (χ0) is 33.7. The van der Waals surface area contributed by atoms with Gasteiger partial charge in [0.15, 0.2) is 0 Å². The summed E-state index contributed by atoms with van der Waals surface area (Å²) in [6.07, 6.45) is 3.89. The zero-order valence-corrected chi connectivity index (χ0v) is 27.4. The molecule has 0 aromatic heterocycles. The molecule has 248 valence electrons. The molecule has 2 unspecified atom stereocenters. The van der Waals surface area contributed by atoms with E-state index in [9.17, 15) is 24.6 Å². The summed E-state index contributed by atoms with van der Waals surface area (Å²) in [5.41, 5.74) is 0.893. The van der Waals surface area contributed by atoms with Gasteiger partial charge in [-0.2, -0.15) is 0 Å². The number of unbranched alkanes of at least 4 members (excludes halogenated alkanes) is 4. The number of amides is 3. The van der Waals surface area contributed by atoms with Crippen molar-refractivity contribution >= 4 is 23.6 Å². The van der Waals surface area contributed by atoms with E-state index >= 15 is 0 Å². The van der Waals surface area contributed by atoms with Gasteiger partial charge in [0.05, 0.1) is 7.11 Å². The Hall–Kier alpha value is -4.73. The maximum Gasteiger partial charge on any atom is 0.408 e. The SMILES string of the molecule is CCCCCCCN(C(=O)C(Cc1ccc(O)cc1)NC(=O)OC(C)(C)C)C(C(=O)Nc1ccc(OC)cc1)c1ccc(O)cc1. The summed E-state index contributed by atoms with van der Waals surface area (Å²) in [6, 6.07) is 17.2. The maximum atomic E-state index is 14.6. The Kier molecular flexibility index (Phi) is 13.3. The minimum Gasteiger partial charge on any atom is -0.508 e. The smallest absolute Gasteiger partial charge is 0.408 e. The zero-order valence-electron chi connectivity index (χ0n) is 27.4. The number of nitrogens with one attached hydrogen (secondary N) is 2. The van der Waals surface area contributed by atoms with Crippen LogP contribution in [-0.4, -0.2) is 58.3 Å². The predicted octanol–water partition coefficient (Wildman–Crippen LogP) is 6.72. The van der Waals surface area contributed by atoms with Gasteiger partial charge >= 0.3 is 6.09 Å². The van der Waals surface area contributed by atoms with E-state index in [1.807, 2.05) is 0 Å². The van der Waals surface area contributed by atoms with Gasteiger partial charge in [-0.15, -0.1) is 0 Å². The monoisotopic (exact) mass is 633 g/mol. The highest BCUT2D eigenvalue weighted by Crippen LogP contribution is 2.28. The van der Waals surface area contributed by atoms with Gasteiger partial charge in [0, 0.05) is 18.7 Å². The summed E-state index contributed by atoms with van der Waals surface area (Å²) in [7, 11) is 1.55. The lowest BCUT2D eigenvalue weighted by Crippen LogP contribution is -2.53. The largest absolute Gasteiger partial charge is 0.508 e. The third-order valence-corrected chi connectivity index (χ3v) is 7.28. The van der Waals surface area contributed by atoms with Crippen molar-refractivity contribution in [2.75, 3.05) is 19.0 Å². The van der Waals surface area contributed by atoms with E-state index in [0.717, 1.165) is 25.7 Å². The van der Waals surface area contributed by atoms with E-state index in [2.05, 4.69) is 17.6 Å². The standard InChI is InChI=1S/C36H47N3O7/c1-6-7-8-9-10-23-39(34(43)31(38-35(44)46-36(2,3)4)24-25-11-17-28(40)18-12-25)32(26-13-19-29(41)20-14-26)33(42)37-27-15-21-30(45-5)22-16-27/h11-22,31-32,40-41H,6-10,23-24H2,1-5H3,(H,37,42)(H,38,44). The van der Waals surface area contributed by atoms with Crippen molar-refractivity contribution < 1.29 is 34.1 Å². The number of aromatic hydroxyl groups is 2. The number of carbonyl (C=O) groups excluding carboxylic acids is 3. The molecule has 3 aromatic rings. The summed E-state index contributed by atoms with van der Waals surface area (Å²) in [5, 5.41) is 25.5. The Balaban J connectivity index is 2.05. The second-order valence-electron chi connectivity index (χ2n) is 12.2. The highest BCUT2D eigenvalue weighted by atomic mass is 16.6. The van der Waals surface area contributed by atoms with Gasteiger partial charge in [0.2, 0.25) is 5.91 Å². The predicted molar refractivity (Wildman–Crippen MR) is 178 cm³/mol. The van der Waals surface area contributed by atoms with Crippen LogP contribution in [0.3, 0.4) is 0 Å². The first-order valence-electron chi connectivity index (χ1n) is 15.7. The van der Waals surface area contributed by atoms with Crippen molar-refractivity contribution in [2.24, 2.45) is 0 Å². The lowest BCUT2D eigenvalue weighted by molar-refractivity contribution is -0.140. The first kappa shape index (κ1) is 35.7. The first-order chi connectivity index (χ1) is 21.9. The van der Waals surface area contributed by atoms with E-state index in [0.29, 0.717) is 29.0 Å². The lowest BCUT2D eigenvalue weighted by atomic mass is 9.99. The number of phenolic OH excluding ortho intramolecular Hbond substituents is 2. The van der Waals surface area contributed by atoms with Crippen LogP contribution in [0.1, 0.15) is 77.0 Å². The third-order valence-electron chi connectivity index (χ3n) is 7.28. The Morgan fingerprint density at radius 1 is 0.826 bits per heavy atom. The van der Waals surface area contributed by atoms with E-state index in [1.165, 1.54) is 29.2 Å². The molecule has 0 saturated heterocycles. The molecular weight excluding hydrogens is 586 g/mol. The van der Waals surface area contributed by atoms with Crippen molar-refractivity contribution in [2.45, 2.75) is 83.9 Å². The molecule has 3 rings (SSSR count). The molecule has 3 aromatic carbocycles. The van der Waals surface area contributed by atoms with Crippen LogP contribution in [0.5, 0.6) is 17.2 Å². The number of hydrogen-bond donors (Lipinski definition) is 4. The molecule has 10 heteroatoms. The fourth-order valence-corrected chi connectivity index (χ4v) is 4.98. The van der Waals surface area contributed by atoms with Gasteiger partial charge in [0.1, 0.15) is 34.9 Å². The number of benzene rings is 3. The number of rotatable bonds is 15. The van der Waals surface area contributed by atoms with E-state index in [-0.39, 0.29) is 24.5 Å². The van der Waals surface area contributed by atoms with Crippen molar-refractivity contribution in [3.63, 3.8) is 0 Å². The van der Waals surface area contributed by atoms with Gasteiger partial charge in [0.25, 0.3) is 5.91 Å². The molecule has 0 spiro atoms. The molecule has 0 fully saturated rings. The lowest BCUT2D eigenvalue weighted by Gasteiger charge is -2.34. The van der Waals surface area contributed by atoms with Crippen LogP contribution in [0, 0.1) is 0 Å². The highest BCUT2D eigenvalue weighted by Gasteiger charge is 2.36. The number of methoxy groups -OCH3 is 1. The third kappa shape index (κ3) is 11.3. The summed E-state index contributed by atoms with van der Waals surface area (Å²) >= 11 is 0. The van der Waals surface area contributed by atoms with Crippen molar-refractivity contribution in [1.29, 1.82) is 0 Å². The highest BCUT2D eigenvalue weighted by molar-refractivity contribution is 5.99. The van der Waals surface area contributed by atoms with E-state index < -0.39 is 35.6 Å². The Bertz CT molecular complexity index is 1400. The summed E-state index contributed by atoms with van der Waals surface area (Å²) in [5.74, 6) is -0.214. The van der Waals surface area contributed by atoms with Crippen LogP contribution in [0.4, 0.5) is 10.5 Å². The normalized spacial score (nSPS) is 12.5. The molecule has 10 nitrogen and oxygen atoms in total. The van der Waals surface area contributed by atoms with Crippen LogP contribution < -0.4 is 15.4 Å². The van der Waals surface area contributed by atoms with Crippen LogP contribution in [-0.2, 0) is 20.7 Å². The summed E-state index contributed by atoms with van der Waals surface area (Å²) in [6.45, 7) is 7.56. The molecule has 0 heterocycles. The topological polar surface area (TPSA) is 137 Å². The van der Waals surface area contributed by atoms with Crippen molar-refractivity contribution in [1.82, 2.24) is 10.2 Å². The molecule has 0 bridgehead atoms. The second kappa shape index (κ2) is 17.1. The summed E-state index contributed by atoms with van der Waals surface area (Å²) < 4.78 is 10.7. The van der Waals surface area contributed by atoms with Crippen LogP contribution in [0.2, 0.25) is 0 Å². The van der Waals surface area contributed by atoms with E-state index in [1.54, 1.807) is 76.4 Å². The average Bonchev–Trinajstić information content (AvgIpc) is 3.01. The van der Waals surface area contributed by atoms with Crippen molar-refractivity contribution in [3.8, 4) is 17.2 Å². The van der Waals surface area contributed by atoms with Crippen LogP contribution >= 0.6 is 0 Å². The number of carbonyl (C=O) groups is 3. The quantitative estimate of drug-likeness (QED) is 0.136. The van der Waals surface area contributed by atoms with Gasteiger partial charge in [-0.3, -0.25) is 9.59 Å². The van der Waals surface area contributed by atoms with E-state index in [4.69, 9.17) is 9.47 Å². The average molecular weight is 634 g/mol. The Morgan fingerprint density at radius 3 is 1.98 bits per heavy atom. The van der Waals surface area contributed by atoms with Gasteiger partial charge < -0.3 is 35.2 Å². The number of ether oxygens (including phenoxy) is 2. The van der Waals surface area contributed by atoms with Crippen LogP contribution in [0.25, 0.3) is 0 Å². The Labute approximate surface area is 271 Å². The molecule has 0 saturated carbocycles. The number of alkyl carbamates (subject to hydrolysis) is 1. The molecule has 0 aliphatic carbocycles. The van der Waals surface area contributed by atoms with Crippen molar-refractivity contribution in [3.05, 3.63) is 83.9 Å². The minimum absolute atomic E-state index is 0.0207. The number of hydrogen-bond acceptors (Lipinski definition) is 7. The summed E-state index contributed by atoms with van der Waals surface area (Å²) in [4.78, 5) is 43.3. The number of anilines is 1. The minimum atomic E-state index is -1.09. The van der Waals surface area contributed by atoms with Gasteiger partial charge in [-0.1, -0.05) is 56.9 Å². The molecule has 3 amide bonds. The number of phenols is 2. The fourth-order valence-electron chi connectivity index (χ4n) is 4.98. The maximum absolute atomic E-state index is 14.6. The molecule has 2 atom stereocenters. The van der Waals surface area contributed by atoms with Gasteiger partial charge in [-0.05, 0) is 86.8 Å². The fraction of sp³-hybridized carbons (Fsp3) is 0.417. The first-order valence-corrected chi connectivity index (χ1v) is 15.7. The molecular formula is C36H47N3O7.